The fraction of sp³-hybridized carbons (Fsp3) is 1.00. The normalized spacial score (nSPS) is 46.1. The van der Waals surface area contributed by atoms with Crippen LogP contribution in [0.1, 0.15) is 33.1 Å². The first kappa shape index (κ1) is 7.51. The second-order valence-electron chi connectivity index (χ2n) is 4.53. The van der Waals surface area contributed by atoms with E-state index in [1.165, 1.54) is 0 Å². The first-order valence-electron chi connectivity index (χ1n) is 4.34. The maximum absolute atomic E-state index is 12.8. The van der Waals surface area contributed by atoms with Crippen molar-refractivity contribution in [2.45, 2.75) is 39.0 Å². The molecule has 0 aromatic carbocycles. The Morgan fingerprint density at radius 3 is 2.18 bits per heavy atom. The zero-order chi connectivity index (χ0) is 8.28. The van der Waals surface area contributed by atoms with Crippen molar-refractivity contribution in [3.05, 3.63) is 0 Å². The molecule has 0 nitrogen and oxygen atoms in total. The quantitative estimate of drug-likeness (QED) is 0.553. The molecule has 0 amide bonds. The van der Waals surface area contributed by atoms with Crippen LogP contribution in [0.2, 0.25) is 0 Å². The molecule has 0 aliphatic heterocycles. The minimum absolute atomic E-state index is 0.0451. The van der Waals surface area contributed by atoms with Crippen LogP contribution in [-0.4, -0.2) is 5.92 Å². The molecule has 2 saturated carbocycles. The minimum atomic E-state index is -2.34. The molecular formula is C9H14F2. The molecule has 2 heteroatoms. The van der Waals surface area contributed by atoms with Gasteiger partial charge < -0.3 is 0 Å². The third kappa shape index (κ3) is 0.911. The van der Waals surface area contributed by atoms with Crippen LogP contribution < -0.4 is 0 Å². The van der Waals surface area contributed by atoms with Crippen molar-refractivity contribution in [1.82, 2.24) is 0 Å². The van der Waals surface area contributed by atoms with Crippen LogP contribution in [0.25, 0.3) is 0 Å². The van der Waals surface area contributed by atoms with E-state index < -0.39 is 5.92 Å². The van der Waals surface area contributed by atoms with Crippen LogP contribution in [0, 0.1) is 17.3 Å². The highest BCUT2D eigenvalue weighted by Gasteiger charge is 2.67. The fourth-order valence-corrected chi connectivity index (χ4v) is 2.72. The monoisotopic (exact) mass is 160 g/mol. The molecule has 0 aromatic rings. The molecule has 0 unspecified atom stereocenters. The molecule has 2 fully saturated rings. The van der Waals surface area contributed by atoms with Crippen LogP contribution in [0.5, 0.6) is 0 Å². The molecule has 2 atom stereocenters. The summed E-state index contributed by atoms with van der Waals surface area (Å²) in [5.74, 6) is -1.55. The van der Waals surface area contributed by atoms with Gasteiger partial charge in [-0.05, 0) is 23.7 Å². The summed E-state index contributed by atoms with van der Waals surface area (Å²) in [6.07, 6.45) is 1.37. The number of alkyl halides is 2. The van der Waals surface area contributed by atoms with Gasteiger partial charge in [0.05, 0.1) is 0 Å². The van der Waals surface area contributed by atoms with Crippen molar-refractivity contribution in [1.29, 1.82) is 0 Å². The Kier molecular flexibility index (Phi) is 1.21. The number of rotatable bonds is 1. The van der Waals surface area contributed by atoms with E-state index >= 15 is 0 Å². The van der Waals surface area contributed by atoms with Crippen molar-refractivity contribution in [2.75, 3.05) is 0 Å². The van der Waals surface area contributed by atoms with Crippen LogP contribution in [-0.2, 0) is 0 Å². The predicted molar refractivity (Wildman–Crippen MR) is 39.6 cm³/mol. The van der Waals surface area contributed by atoms with E-state index in [1.54, 1.807) is 0 Å². The lowest BCUT2D eigenvalue weighted by atomic mass is 9.89. The van der Waals surface area contributed by atoms with Gasteiger partial charge in [0, 0.05) is 12.8 Å². The standard InChI is InChI=1S/C9H14F2/c1-6(2)8-3-7(8)4-9(10,11)5-8/h6-7H,3-5H2,1-2H3/t7-,8-/m0/s1. The third-order valence-corrected chi connectivity index (χ3v) is 3.56. The molecule has 0 heterocycles. The Morgan fingerprint density at radius 2 is 1.91 bits per heavy atom. The SMILES string of the molecule is CC(C)[C@@]12C[C@H]1CC(F)(F)C2. The summed E-state index contributed by atoms with van der Waals surface area (Å²) >= 11 is 0. The molecule has 2 aliphatic carbocycles. The van der Waals surface area contributed by atoms with E-state index in [4.69, 9.17) is 0 Å². The lowest BCUT2D eigenvalue weighted by molar-refractivity contribution is -0.0138. The van der Waals surface area contributed by atoms with Gasteiger partial charge in [0.15, 0.2) is 0 Å². The summed E-state index contributed by atoms with van der Waals surface area (Å²) in [7, 11) is 0. The predicted octanol–water partition coefficient (Wildman–Crippen LogP) is 3.08. The Morgan fingerprint density at radius 1 is 1.27 bits per heavy atom. The van der Waals surface area contributed by atoms with Crippen LogP contribution in [0.4, 0.5) is 8.78 Å². The van der Waals surface area contributed by atoms with Crippen LogP contribution in [0.15, 0.2) is 0 Å². The molecular weight excluding hydrogens is 146 g/mol. The van der Waals surface area contributed by atoms with Crippen LogP contribution >= 0.6 is 0 Å². The average molecular weight is 160 g/mol. The number of halogens is 2. The van der Waals surface area contributed by atoms with Crippen molar-refractivity contribution in [3.63, 3.8) is 0 Å². The number of fused-ring (bicyclic) bond motifs is 1. The number of hydrogen-bond donors (Lipinski definition) is 0. The molecule has 11 heavy (non-hydrogen) atoms. The largest absolute Gasteiger partial charge is 0.249 e. The summed E-state index contributed by atoms with van der Waals surface area (Å²) in [5.41, 5.74) is 0.0451. The summed E-state index contributed by atoms with van der Waals surface area (Å²) in [6, 6.07) is 0. The molecule has 0 aromatic heterocycles. The fourth-order valence-electron chi connectivity index (χ4n) is 2.72. The minimum Gasteiger partial charge on any atom is -0.207 e. The lowest BCUT2D eigenvalue weighted by Crippen LogP contribution is -2.17. The Hall–Kier alpha value is -0.140. The first-order chi connectivity index (χ1) is 4.96. The molecule has 0 N–H and O–H groups in total. The average Bonchev–Trinajstić information content (AvgIpc) is 2.35. The Balaban J connectivity index is 2.13. The van der Waals surface area contributed by atoms with E-state index in [9.17, 15) is 8.78 Å². The van der Waals surface area contributed by atoms with Gasteiger partial charge in [-0.3, -0.25) is 0 Å². The highest BCUT2D eigenvalue weighted by Crippen LogP contribution is 2.71. The smallest absolute Gasteiger partial charge is 0.207 e. The topological polar surface area (TPSA) is 0 Å². The van der Waals surface area contributed by atoms with Gasteiger partial charge in [-0.2, -0.15) is 0 Å². The van der Waals surface area contributed by atoms with Crippen LogP contribution in [0.3, 0.4) is 0 Å². The molecule has 0 bridgehead atoms. The second-order valence-corrected chi connectivity index (χ2v) is 4.53. The maximum atomic E-state index is 12.8. The number of hydrogen-bond acceptors (Lipinski definition) is 0. The van der Waals surface area contributed by atoms with Crippen molar-refractivity contribution < 1.29 is 8.78 Å². The molecule has 0 saturated heterocycles. The van der Waals surface area contributed by atoms with Gasteiger partial charge >= 0.3 is 0 Å². The zero-order valence-electron chi connectivity index (χ0n) is 7.03. The third-order valence-electron chi connectivity index (χ3n) is 3.56. The van der Waals surface area contributed by atoms with Crippen molar-refractivity contribution in [3.8, 4) is 0 Å². The van der Waals surface area contributed by atoms with E-state index in [-0.39, 0.29) is 18.3 Å². The van der Waals surface area contributed by atoms with Gasteiger partial charge in [0.25, 0.3) is 0 Å². The van der Waals surface area contributed by atoms with Gasteiger partial charge in [-0.15, -0.1) is 0 Å². The zero-order valence-corrected chi connectivity index (χ0v) is 7.03. The molecule has 2 rings (SSSR count). The summed E-state index contributed by atoms with van der Waals surface area (Å²) in [5, 5.41) is 0. The summed E-state index contributed by atoms with van der Waals surface area (Å²) < 4.78 is 25.7. The first-order valence-corrected chi connectivity index (χ1v) is 4.34. The van der Waals surface area contributed by atoms with E-state index in [2.05, 4.69) is 13.8 Å². The van der Waals surface area contributed by atoms with E-state index in [0.29, 0.717) is 11.8 Å². The van der Waals surface area contributed by atoms with Gasteiger partial charge in [-0.1, -0.05) is 13.8 Å². The second kappa shape index (κ2) is 1.78. The summed E-state index contributed by atoms with van der Waals surface area (Å²) in [6.45, 7) is 4.14. The summed E-state index contributed by atoms with van der Waals surface area (Å²) in [4.78, 5) is 0. The highest BCUT2D eigenvalue weighted by molar-refractivity contribution is 5.13. The molecule has 2 aliphatic rings. The van der Waals surface area contributed by atoms with Gasteiger partial charge in [-0.25, -0.2) is 8.78 Å². The lowest BCUT2D eigenvalue weighted by Gasteiger charge is -2.19. The molecule has 64 valence electrons. The van der Waals surface area contributed by atoms with E-state index in [0.717, 1.165) is 6.42 Å². The van der Waals surface area contributed by atoms with Crippen molar-refractivity contribution in [2.24, 2.45) is 17.3 Å². The van der Waals surface area contributed by atoms with Crippen molar-refractivity contribution >= 4 is 0 Å². The van der Waals surface area contributed by atoms with Gasteiger partial charge in [0.2, 0.25) is 5.92 Å². The van der Waals surface area contributed by atoms with Gasteiger partial charge in [0.1, 0.15) is 0 Å². The molecule has 0 radical (unpaired) electrons. The maximum Gasteiger partial charge on any atom is 0.249 e. The Bertz CT molecular complexity index is 186. The molecule has 0 spiro atoms. The van der Waals surface area contributed by atoms with E-state index in [1.807, 2.05) is 0 Å². The Labute approximate surface area is 66.0 Å². The highest BCUT2D eigenvalue weighted by atomic mass is 19.3.